The molecule has 0 aromatic heterocycles. The number of allylic oxidation sites excluding steroid dienone is 2. The minimum Gasteiger partial charge on any atom is -0.352 e. The van der Waals surface area contributed by atoms with Crippen molar-refractivity contribution in [3.63, 3.8) is 0 Å². The molecule has 0 aromatic rings. The van der Waals surface area contributed by atoms with Gasteiger partial charge in [0.25, 0.3) is 0 Å². The monoisotopic (exact) mass is 240 g/mol. The summed E-state index contributed by atoms with van der Waals surface area (Å²) >= 11 is 0. The van der Waals surface area contributed by atoms with E-state index in [2.05, 4.69) is 40.7 Å². The molecule has 0 bridgehead atoms. The van der Waals surface area contributed by atoms with Crippen LogP contribution in [0.1, 0.15) is 53.9 Å². The molecule has 1 aliphatic rings. The Balaban J connectivity index is 2.19. The molecular formula is C15H28O2. The zero-order valence-corrected chi connectivity index (χ0v) is 12.1. The summed E-state index contributed by atoms with van der Waals surface area (Å²) in [6.45, 7) is 12.6. The van der Waals surface area contributed by atoms with Crippen LogP contribution in [0.5, 0.6) is 0 Å². The predicted molar refractivity (Wildman–Crippen MR) is 71.9 cm³/mol. The molecule has 17 heavy (non-hydrogen) atoms. The van der Waals surface area contributed by atoms with Gasteiger partial charge >= 0.3 is 0 Å². The van der Waals surface area contributed by atoms with Crippen molar-refractivity contribution in [3.8, 4) is 0 Å². The number of hydrogen-bond acceptors (Lipinski definition) is 2. The summed E-state index contributed by atoms with van der Waals surface area (Å²) in [5.74, 6) is 0.664. The lowest BCUT2D eigenvalue weighted by Gasteiger charge is -2.35. The first-order valence-electron chi connectivity index (χ1n) is 6.75. The van der Waals surface area contributed by atoms with Gasteiger partial charge in [0.1, 0.15) is 0 Å². The fraction of sp³-hybridized carbons (Fsp3) is 0.867. The topological polar surface area (TPSA) is 18.5 Å². The molecule has 0 saturated carbocycles. The van der Waals surface area contributed by atoms with E-state index in [-0.39, 0.29) is 11.7 Å². The van der Waals surface area contributed by atoms with Crippen LogP contribution >= 0.6 is 0 Å². The van der Waals surface area contributed by atoms with Gasteiger partial charge in [0.15, 0.2) is 6.29 Å². The summed E-state index contributed by atoms with van der Waals surface area (Å²) in [6.07, 6.45) is 5.73. The third kappa shape index (κ3) is 6.23. The second kappa shape index (κ2) is 6.55. The lowest BCUT2D eigenvalue weighted by atomic mass is 9.94. The smallest absolute Gasteiger partial charge is 0.157 e. The highest BCUT2D eigenvalue weighted by Crippen LogP contribution is 2.26. The van der Waals surface area contributed by atoms with Gasteiger partial charge in [-0.3, -0.25) is 0 Å². The molecule has 0 aliphatic carbocycles. The van der Waals surface area contributed by atoms with Gasteiger partial charge in [-0.1, -0.05) is 32.4 Å². The Labute approximate surface area is 106 Å². The van der Waals surface area contributed by atoms with Crippen molar-refractivity contribution < 1.29 is 9.47 Å². The van der Waals surface area contributed by atoms with E-state index in [0.717, 1.165) is 19.6 Å². The van der Waals surface area contributed by atoms with E-state index in [0.29, 0.717) is 5.92 Å². The van der Waals surface area contributed by atoms with Gasteiger partial charge in [0.2, 0.25) is 0 Å². The quantitative estimate of drug-likeness (QED) is 0.672. The van der Waals surface area contributed by atoms with E-state index in [1.165, 1.54) is 18.4 Å². The first kappa shape index (κ1) is 14.7. The van der Waals surface area contributed by atoms with Crippen molar-refractivity contribution in [1.29, 1.82) is 0 Å². The average molecular weight is 240 g/mol. The molecule has 2 heteroatoms. The van der Waals surface area contributed by atoms with Crippen molar-refractivity contribution in [3.05, 3.63) is 11.6 Å². The number of ether oxygens (including phenoxy) is 2. The van der Waals surface area contributed by atoms with Gasteiger partial charge in [-0.25, -0.2) is 0 Å². The minimum atomic E-state index is 0.0183. The molecule has 1 fully saturated rings. The molecule has 100 valence electrons. The highest BCUT2D eigenvalue weighted by atomic mass is 16.7. The predicted octanol–water partition coefficient (Wildman–Crippen LogP) is 4.16. The van der Waals surface area contributed by atoms with Crippen molar-refractivity contribution in [2.45, 2.75) is 60.2 Å². The van der Waals surface area contributed by atoms with Gasteiger partial charge in [0.05, 0.1) is 13.2 Å². The first-order valence-corrected chi connectivity index (χ1v) is 6.75. The van der Waals surface area contributed by atoms with Crippen molar-refractivity contribution >= 4 is 0 Å². The Morgan fingerprint density at radius 3 is 2.41 bits per heavy atom. The second-order valence-electron chi connectivity index (χ2n) is 6.42. The molecule has 0 spiro atoms. The zero-order valence-electron chi connectivity index (χ0n) is 12.1. The molecule has 2 nitrogen and oxygen atoms in total. The Morgan fingerprint density at radius 1 is 1.29 bits per heavy atom. The fourth-order valence-corrected chi connectivity index (χ4v) is 1.97. The Kier molecular flexibility index (Phi) is 5.68. The maximum absolute atomic E-state index is 5.75. The molecule has 1 rings (SSSR count). The molecule has 1 atom stereocenters. The fourth-order valence-electron chi connectivity index (χ4n) is 1.97. The molecule has 0 N–H and O–H groups in total. The third-order valence-electron chi connectivity index (χ3n) is 3.13. The van der Waals surface area contributed by atoms with Crippen LogP contribution in [0.2, 0.25) is 0 Å². The van der Waals surface area contributed by atoms with Crippen LogP contribution in [0.4, 0.5) is 0 Å². The molecule has 1 aliphatic heterocycles. The summed E-state index contributed by atoms with van der Waals surface area (Å²) in [6, 6.07) is 0. The minimum absolute atomic E-state index is 0.0183. The average Bonchev–Trinajstić information content (AvgIpc) is 2.21. The maximum atomic E-state index is 5.75. The van der Waals surface area contributed by atoms with Gasteiger partial charge in [0, 0.05) is 11.8 Å². The second-order valence-corrected chi connectivity index (χ2v) is 6.42. The zero-order chi connectivity index (χ0) is 12.9. The Hall–Kier alpha value is -0.340. The van der Waals surface area contributed by atoms with Crippen molar-refractivity contribution in [2.24, 2.45) is 11.3 Å². The third-order valence-corrected chi connectivity index (χ3v) is 3.13. The SMILES string of the molecule is CC(C)=CCC[C@H](C)CC1OCC(C)(C)CO1. The van der Waals surface area contributed by atoms with Crippen LogP contribution < -0.4 is 0 Å². The summed E-state index contributed by atoms with van der Waals surface area (Å²) in [5.41, 5.74) is 1.59. The van der Waals surface area contributed by atoms with E-state index >= 15 is 0 Å². The lowest BCUT2D eigenvalue weighted by molar-refractivity contribution is -0.227. The van der Waals surface area contributed by atoms with E-state index in [9.17, 15) is 0 Å². The van der Waals surface area contributed by atoms with Crippen LogP contribution in [-0.4, -0.2) is 19.5 Å². The highest BCUT2D eigenvalue weighted by Gasteiger charge is 2.28. The molecule has 0 amide bonds. The van der Waals surface area contributed by atoms with Crippen LogP contribution in [-0.2, 0) is 9.47 Å². The molecule has 0 aromatic carbocycles. The largest absolute Gasteiger partial charge is 0.352 e. The molecule has 1 saturated heterocycles. The number of rotatable bonds is 5. The van der Waals surface area contributed by atoms with Gasteiger partial charge in [-0.05, 0) is 32.6 Å². The van der Waals surface area contributed by atoms with Crippen molar-refractivity contribution in [1.82, 2.24) is 0 Å². The summed E-state index contributed by atoms with van der Waals surface area (Å²) in [4.78, 5) is 0. The van der Waals surface area contributed by atoms with Crippen LogP contribution in [0, 0.1) is 11.3 Å². The normalized spacial score (nSPS) is 22.2. The Morgan fingerprint density at radius 2 is 1.88 bits per heavy atom. The van der Waals surface area contributed by atoms with E-state index in [1.54, 1.807) is 0 Å². The number of hydrogen-bond donors (Lipinski definition) is 0. The van der Waals surface area contributed by atoms with E-state index in [4.69, 9.17) is 9.47 Å². The van der Waals surface area contributed by atoms with Crippen LogP contribution in [0.25, 0.3) is 0 Å². The summed E-state index contributed by atoms with van der Waals surface area (Å²) in [7, 11) is 0. The molecule has 1 heterocycles. The molecule has 0 unspecified atom stereocenters. The Bertz CT molecular complexity index is 242. The van der Waals surface area contributed by atoms with Crippen LogP contribution in [0.15, 0.2) is 11.6 Å². The molecular weight excluding hydrogens is 212 g/mol. The molecule has 0 radical (unpaired) electrons. The first-order chi connectivity index (χ1) is 7.89. The van der Waals surface area contributed by atoms with Gasteiger partial charge in [-0.2, -0.15) is 0 Å². The van der Waals surface area contributed by atoms with Crippen LogP contribution in [0.3, 0.4) is 0 Å². The lowest BCUT2D eigenvalue weighted by Crippen LogP contribution is -2.38. The van der Waals surface area contributed by atoms with Gasteiger partial charge in [-0.15, -0.1) is 0 Å². The highest BCUT2D eigenvalue weighted by molar-refractivity contribution is 4.92. The van der Waals surface area contributed by atoms with E-state index < -0.39 is 0 Å². The van der Waals surface area contributed by atoms with Gasteiger partial charge < -0.3 is 9.47 Å². The maximum Gasteiger partial charge on any atom is 0.157 e. The standard InChI is InChI=1S/C15H28O2/c1-12(2)7-6-8-13(3)9-14-16-10-15(4,5)11-17-14/h7,13-14H,6,8-11H2,1-5H3/t13-/m0/s1. The summed E-state index contributed by atoms with van der Waals surface area (Å²) in [5, 5.41) is 0. The summed E-state index contributed by atoms with van der Waals surface area (Å²) < 4.78 is 11.5. The van der Waals surface area contributed by atoms with Crippen molar-refractivity contribution in [2.75, 3.05) is 13.2 Å². The van der Waals surface area contributed by atoms with E-state index in [1.807, 2.05) is 0 Å².